The lowest BCUT2D eigenvalue weighted by Gasteiger charge is -2.08. The van der Waals surface area contributed by atoms with Crippen molar-refractivity contribution in [2.75, 3.05) is 5.32 Å². The Balaban J connectivity index is 1.82. The van der Waals surface area contributed by atoms with Crippen LogP contribution < -0.4 is 5.32 Å². The van der Waals surface area contributed by atoms with E-state index in [2.05, 4.69) is 21.5 Å². The van der Waals surface area contributed by atoms with E-state index in [1.807, 2.05) is 25.5 Å². The first-order valence-electron chi connectivity index (χ1n) is 6.40. The minimum Gasteiger partial charge on any atom is -0.365 e. The van der Waals surface area contributed by atoms with Crippen molar-refractivity contribution < 1.29 is 0 Å². The molecule has 0 bridgehead atoms. The van der Waals surface area contributed by atoms with E-state index < -0.39 is 0 Å². The van der Waals surface area contributed by atoms with Crippen molar-refractivity contribution in [1.29, 1.82) is 5.26 Å². The number of hydrogen-bond donors (Lipinski definition) is 1. The van der Waals surface area contributed by atoms with Gasteiger partial charge in [-0.25, -0.2) is 4.98 Å². The van der Waals surface area contributed by atoms with Crippen LogP contribution in [-0.2, 0) is 26.4 Å². The van der Waals surface area contributed by atoms with Gasteiger partial charge >= 0.3 is 0 Å². The van der Waals surface area contributed by atoms with Gasteiger partial charge in [-0.2, -0.15) is 10.4 Å². The van der Waals surface area contributed by atoms with Crippen molar-refractivity contribution in [3.8, 4) is 6.07 Å². The Bertz CT molecular complexity index is 650. The molecule has 0 fully saturated rings. The molecule has 0 saturated heterocycles. The molecule has 5 nitrogen and oxygen atoms in total. The number of aromatic nitrogens is 3. The van der Waals surface area contributed by atoms with Gasteiger partial charge in [0.15, 0.2) is 0 Å². The molecule has 5 heteroatoms. The average Bonchev–Trinajstić information content (AvgIpc) is 3.03. The lowest BCUT2D eigenvalue weighted by molar-refractivity contribution is 0.767. The molecule has 96 valence electrons. The summed E-state index contributed by atoms with van der Waals surface area (Å²) < 4.78 is 1.76. The van der Waals surface area contributed by atoms with Gasteiger partial charge in [-0.3, -0.25) is 4.68 Å². The molecule has 1 N–H and O–H groups in total. The second-order valence-corrected chi connectivity index (χ2v) is 4.83. The molecule has 2 aromatic heterocycles. The number of hydrogen-bond acceptors (Lipinski definition) is 4. The van der Waals surface area contributed by atoms with Crippen molar-refractivity contribution >= 4 is 5.82 Å². The summed E-state index contributed by atoms with van der Waals surface area (Å²) in [5.74, 6) is 0.687. The molecule has 3 rings (SSSR count). The quantitative estimate of drug-likeness (QED) is 0.905. The monoisotopic (exact) mass is 253 g/mol. The molecule has 0 unspecified atom stereocenters. The Kier molecular flexibility index (Phi) is 2.92. The first-order valence-corrected chi connectivity index (χ1v) is 6.40. The van der Waals surface area contributed by atoms with Crippen LogP contribution in [0.25, 0.3) is 0 Å². The molecule has 1 aliphatic rings. The molecular weight excluding hydrogens is 238 g/mol. The second kappa shape index (κ2) is 4.73. The lowest BCUT2D eigenvalue weighted by atomic mass is 10.1. The average molecular weight is 253 g/mol. The van der Waals surface area contributed by atoms with Gasteiger partial charge in [0.05, 0.1) is 11.8 Å². The van der Waals surface area contributed by atoms with Gasteiger partial charge in [-0.1, -0.05) is 0 Å². The number of nitrogens with one attached hydrogen (secondary N) is 1. The van der Waals surface area contributed by atoms with Gasteiger partial charge in [0.1, 0.15) is 11.9 Å². The fraction of sp³-hybridized carbons (Fsp3) is 0.357. The molecule has 0 atom stereocenters. The second-order valence-electron chi connectivity index (χ2n) is 4.83. The van der Waals surface area contributed by atoms with Crippen LogP contribution in [-0.4, -0.2) is 14.8 Å². The van der Waals surface area contributed by atoms with Crippen LogP contribution in [0.2, 0.25) is 0 Å². The summed E-state index contributed by atoms with van der Waals surface area (Å²) in [6.45, 7) is 0.633. The van der Waals surface area contributed by atoms with Crippen LogP contribution in [0.4, 0.5) is 5.82 Å². The molecule has 2 aromatic rings. The summed E-state index contributed by atoms with van der Waals surface area (Å²) in [5.41, 5.74) is 4.06. The van der Waals surface area contributed by atoms with Crippen molar-refractivity contribution in [1.82, 2.24) is 14.8 Å². The zero-order valence-corrected chi connectivity index (χ0v) is 10.8. The highest BCUT2D eigenvalue weighted by Crippen LogP contribution is 2.25. The predicted molar refractivity (Wildman–Crippen MR) is 71.5 cm³/mol. The number of anilines is 1. The van der Waals surface area contributed by atoms with Crippen LogP contribution >= 0.6 is 0 Å². The highest BCUT2D eigenvalue weighted by atomic mass is 15.2. The van der Waals surface area contributed by atoms with Gasteiger partial charge in [-0.15, -0.1) is 0 Å². The number of aryl methyl sites for hydroxylation is 3. The number of rotatable bonds is 3. The summed E-state index contributed by atoms with van der Waals surface area (Å²) >= 11 is 0. The van der Waals surface area contributed by atoms with E-state index in [-0.39, 0.29) is 0 Å². The van der Waals surface area contributed by atoms with Crippen LogP contribution in [0.1, 0.15) is 28.8 Å². The van der Waals surface area contributed by atoms with E-state index in [0.717, 1.165) is 30.5 Å². The SMILES string of the molecule is Cn1cc(CNc2nc3c(cc2C#N)CCC3)cn1. The maximum absolute atomic E-state index is 9.20. The fourth-order valence-electron chi connectivity index (χ4n) is 2.44. The Hall–Kier alpha value is -2.35. The largest absolute Gasteiger partial charge is 0.365 e. The van der Waals surface area contributed by atoms with Gasteiger partial charge in [-0.05, 0) is 30.9 Å². The first kappa shape index (κ1) is 11.7. The first-order chi connectivity index (χ1) is 9.26. The molecule has 0 spiro atoms. The molecule has 19 heavy (non-hydrogen) atoms. The highest BCUT2D eigenvalue weighted by Gasteiger charge is 2.16. The summed E-state index contributed by atoms with van der Waals surface area (Å²) in [5, 5.41) is 16.6. The maximum Gasteiger partial charge on any atom is 0.144 e. The van der Waals surface area contributed by atoms with Gasteiger partial charge in [0.2, 0.25) is 0 Å². The molecule has 0 aromatic carbocycles. The van der Waals surface area contributed by atoms with Crippen molar-refractivity contribution in [3.63, 3.8) is 0 Å². The number of pyridine rings is 1. The van der Waals surface area contributed by atoms with Crippen LogP contribution in [0, 0.1) is 11.3 Å². The highest BCUT2D eigenvalue weighted by molar-refractivity contribution is 5.55. The lowest BCUT2D eigenvalue weighted by Crippen LogP contribution is -2.05. The van der Waals surface area contributed by atoms with E-state index in [4.69, 9.17) is 0 Å². The van der Waals surface area contributed by atoms with Crippen LogP contribution in [0.5, 0.6) is 0 Å². The van der Waals surface area contributed by atoms with E-state index in [1.54, 1.807) is 4.68 Å². The normalized spacial score (nSPS) is 13.1. The standard InChI is InChI=1S/C14H15N5/c1-19-9-10(8-17-19)7-16-14-12(6-15)5-11-3-2-4-13(11)18-14/h5,8-9H,2-4,7H2,1H3,(H,16,18). The van der Waals surface area contributed by atoms with Gasteiger partial charge < -0.3 is 5.32 Å². The third-order valence-corrected chi connectivity index (χ3v) is 3.39. The minimum atomic E-state index is 0.629. The third-order valence-electron chi connectivity index (χ3n) is 3.39. The van der Waals surface area contributed by atoms with E-state index in [9.17, 15) is 5.26 Å². The molecule has 0 aliphatic heterocycles. The molecule has 1 aliphatic carbocycles. The summed E-state index contributed by atoms with van der Waals surface area (Å²) in [6.07, 6.45) is 6.96. The fourth-order valence-corrected chi connectivity index (χ4v) is 2.44. The Morgan fingerprint density at radius 2 is 2.37 bits per heavy atom. The van der Waals surface area contributed by atoms with Crippen molar-refractivity contribution in [2.45, 2.75) is 25.8 Å². The van der Waals surface area contributed by atoms with Crippen LogP contribution in [0.3, 0.4) is 0 Å². The molecular formula is C14H15N5. The third kappa shape index (κ3) is 2.29. The zero-order chi connectivity index (χ0) is 13.2. The van der Waals surface area contributed by atoms with Crippen molar-refractivity contribution in [3.05, 3.63) is 40.8 Å². The Labute approximate surface area is 111 Å². The number of nitriles is 1. The Morgan fingerprint density at radius 1 is 1.47 bits per heavy atom. The van der Waals surface area contributed by atoms with E-state index in [0.29, 0.717) is 17.9 Å². The van der Waals surface area contributed by atoms with Crippen molar-refractivity contribution in [2.24, 2.45) is 7.05 Å². The Morgan fingerprint density at radius 3 is 3.11 bits per heavy atom. The van der Waals surface area contributed by atoms with Crippen LogP contribution in [0.15, 0.2) is 18.5 Å². The minimum absolute atomic E-state index is 0.629. The summed E-state index contributed by atoms with van der Waals surface area (Å²) in [6, 6.07) is 4.19. The molecule has 0 amide bonds. The van der Waals surface area contributed by atoms with E-state index >= 15 is 0 Å². The maximum atomic E-state index is 9.20. The predicted octanol–water partition coefficient (Wildman–Crippen LogP) is 1.79. The van der Waals surface area contributed by atoms with Gasteiger partial charge in [0.25, 0.3) is 0 Å². The topological polar surface area (TPSA) is 66.5 Å². The molecule has 0 saturated carbocycles. The summed E-state index contributed by atoms with van der Waals surface area (Å²) in [7, 11) is 1.89. The van der Waals surface area contributed by atoms with Gasteiger partial charge in [0, 0.05) is 31.0 Å². The number of fused-ring (bicyclic) bond motifs is 1. The zero-order valence-electron chi connectivity index (χ0n) is 10.8. The number of nitrogens with zero attached hydrogens (tertiary/aromatic N) is 4. The smallest absolute Gasteiger partial charge is 0.144 e. The molecule has 0 radical (unpaired) electrons. The molecule has 2 heterocycles. The van der Waals surface area contributed by atoms with E-state index in [1.165, 1.54) is 5.56 Å². The summed E-state index contributed by atoms with van der Waals surface area (Å²) in [4.78, 5) is 4.59.